The lowest BCUT2D eigenvalue weighted by Crippen LogP contribution is -2.55. The molecule has 34 heavy (non-hydrogen) atoms. The molecule has 3 heterocycles. The van der Waals surface area contributed by atoms with Crippen molar-refractivity contribution < 1.29 is 14.4 Å². The van der Waals surface area contributed by atoms with Gasteiger partial charge in [-0.2, -0.15) is 5.26 Å². The lowest BCUT2D eigenvalue weighted by Gasteiger charge is -2.39. The summed E-state index contributed by atoms with van der Waals surface area (Å²) < 4.78 is 0. The van der Waals surface area contributed by atoms with E-state index in [0.29, 0.717) is 30.8 Å². The van der Waals surface area contributed by atoms with E-state index in [1.165, 1.54) is 0 Å². The van der Waals surface area contributed by atoms with Crippen molar-refractivity contribution in [3.8, 4) is 6.07 Å². The van der Waals surface area contributed by atoms with Gasteiger partial charge in [0.1, 0.15) is 17.4 Å². The van der Waals surface area contributed by atoms with Gasteiger partial charge in [-0.05, 0) is 48.6 Å². The van der Waals surface area contributed by atoms with E-state index < -0.39 is 23.5 Å². The number of nitriles is 1. The maximum Gasteiger partial charge on any atom is 0.322 e. The normalized spacial score (nSPS) is 22.4. The number of carbonyl (C=O) groups is 3. The molecule has 2 saturated heterocycles. The molecule has 0 saturated carbocycles. The number of urea groups is 1. The number of nitrogens with zero attached hydrogens (tertiary/aromatic N) is 4. The first kappa shape index (κ1) is 23.2. The second-order valence-electron chi connectivity index (χ2n) is 9.19. The maximum atomic E-state index is 13.3. The van der Waals surface area contributed by atoms with Gasteiger partial charge in [-0.25, -0.2) is 9.78 Å². The zero-order valence-corrected chi connectivity index (χ0v) is 19.8. The molecule has 4 rings (SSSR count). The fourth-order valence-electron chi connectivity index (χ4n) is 4.82. The van der Waals surface area contributed by atoms with Crippen LogP contribution in [0.3, 0.4) is 0 Å². The predicted octanol–water partition coefficient (Wildman–Crippen LogP) is 2.24. The number of pyridine rings is 1. The minimum absolute atomic E-state index is 0.199. The third kappa shape index (κ3) is 3.85. The fourth-order valence-corrected chi connectivity index (χ4v) is 4.82. The lowest BCUT2D eigenvalue weighted by atomic mass is 9.79. The zero-order chi connectivity index (χ0) is 24.6. The van der Waals surface area contributed by atoms with Gasteiger partial charge in [0.15, 0.2) is 0 Å². The van der Waals surface area contributed by atoms with Crippen molar-refractivity contribution in [2.75, 3.05) is 24.5 Å². The summed E-state index contributed by atoms with van der Waals surface area (Å²) in [6.45, 7) is 9.02. The smallest absolute Gasteiger partial charge is 0.322 e. The van der Waals surface area contributed by atoms with Crippen LogP contribution < -0.4 is 15.5 Å². The Morgan fingerprint density at radius 2 is 1.91 bits per heavy atom. The van der Waals surface area contributed by atoms with Gasteiger partial charge in [-0.1, -0.05) is 32.0 Å². The maximum absolute atomic E-state index is 13.3. The van der Waals surface area contributed by atoms with Gasteiger partial charge in [0.25, 0.3) is 11.8 Å². The first-order chi connectivity index (χ1) is 16.2. The highest BCUT2D eigenvalue weighted by Crippen LogP contribution is 2.33. The van der Waals surface area contributed by atoms with Crippen molar-refractivity contribution >= 4 is 23.7 Å². The Morgan fingerprint density at radius 3 is 2.47 bits per heavy atom. The first-order valence-corrected chi connectivity index (χ1v) is 11.3. The zero-order valence-electron chi connectivity index (χ0n) is 19.8. The molecule has 2 aromatic rings. The molecule has 1 aromatic carbocycles. The van der Waals surface area contributed by atoms with Crippen molar-refractivity contribution in [2.45, 2.75) is 39.3 Å². The molecule has 0 aliphatic carbocycles. The van der Waals surface area contributed by atoms with E-state index in [0.717, 1.165) is 16.9 Å². The van der Waals surface area contributed by atoms with Gasteiger partial charge in [-0.15, -0.1) is 0 Å². The highest BCUT2D eigenvalue weighted by Gasteiger charge is 2.50. The van der Waals surface area contributed by atoms with Crippen LogP contribution in [-0.4, -0.2) is 53.4 Å². The molecule has 2 atom stereocenters. The number of aromatic nitrogens is 1. The van der Waals surface area contributed by atoms with Gasteiger partial charge >= 0.3 is 6.03 Å². The second-order valence-corrected chi connectivity index (χ2v) is 9.19. The molecule has 9 heteroatoms. The van der Waals surface area contributed by atoms with E-state index in [-0.39, 0.29) is 11.8 Å². The molecular formula is C25H28N6O3. The van der Waals surface area contributed by atoms with Gasteiger partial charge in [0.05, 0.1) is 12.6 Å². The summed E-state index contributed by atoms with van der Waals surface area (Å²) in [4.78, 5) is 45.8. The number of carbonyl (C=O) groups excluding carboxylic acids is 3. The number of piperazine rings is 1. The summed E-state index contributed by atoms with van der Waals surface area (Å²) >= 11 is 0. The summed E-state index contributed by atoms with van der Waals surface area (Å²) in [5.41, 5.74) is 1.95. The topological polar surface area (TPSA) is 118 Å². The molecule has 9 nitrogen and oxygen atoms in total. The van der Waals surface area contributed by atoms with Gasteiger partial charge in [0.2, 0.25) is 0 Å². The van der Waals surface area contributed by atoms with Crippen LogP contribution in [0.5, 0.6) is 0 Å². The van der Waals surface area contributed by atoms with Gasteiger partial charge in [-0.3, -0.25) is 14.9 Å². The Balaban J connectivity index is 1.53. The number of nitrogens with one attached hydrogen (secondary N) is 2. The summed E-state index contributed by atoms with van der Waals surface area (Å²) in [6, 6.07) is 9.83. The number of rotatable bonds is 4. The van der Waals surface area contributed by atoms with Crippen LogP contribution in [0.1, 0.15) is 40.9 Å². The Morgan fingerprint density at radius 1 is 1.21 bits per heavy atom. The van der Waals surface area contributed by atoms with Crippen LogP contribution in [0, 0.1) is 31.1 Å². The Kier molecular flexibility index (Phi) is 6.00. The molecule has 0 radical (unpaired) electrons. The molecule has 0 unspecified atom stereocenters. The Bertz CT molecular complexity index is 1190. The number of imide groups is 1. The highest BCUT2D eigenvalue weighted by molar-refractivity contribution is 6.07. The van der Waals surface area contributed by atoms with E-state index in [1.54, 1.807) is 35.4 Å². The Hall–Kier alpha value is -3.93. The predicted molar refractivity (Wildman–Crippen MR) is 126 cm³/mol. The molecule has 4 amide bonds. The number of aryl methyl sites for hydroxylation is 2. The second kappa shape index (κ2) is 8.78. The van der Waals surface area contributed by atoms with Crippen LogP contribution in [0.25, 0.3) is 0 Å². The molecule has 0 bridgehead atoms. The van der Waals surface area contributed by atoms with Crippen molar-refractivity contribution in [2.24, 2.45) is 5.92 Å². The molecule has 2 fully saturated rings. The summed E-state index contributed by atoms with van der Waals surface area (Å²) in [5.74, 6) is -0.0225. The molecule has 176 valence electrons. The molecule has 2 N–H and O–H groups in total. The molecule has 2 aliphatic rings. The van der Waals surface area contributed by atoms with Crippen LogP contribution in [0.2, 0.25) is 0 Å². The van der Waals surface area contributed by atoms with Gasteiger partial charge in [0, 0.05) is 24.8 Å². The van der Waals surface area contributed by atoms with E-state index >= 15 is 0 Å². The van der Waals surface area contributed by atoms with Crippen LogP contribution in [0.4, 0.5) is 10.6 Å². The average molecular weight is 461 g/mol. The largest absolute Gasteiger partial charge is 0.351 e. The van der Waals surface area contributed by atoms with Crippen molar-refractivity contribution in [1.29, 1.82) is 5.26 Å². The number of hydrogen-bond donors (Lipinski definition) is 2. The lowest BCUT2D eigenvalue weighted by molar-refractivity contribution is -0.125. The highest BCUT2D eigenvalue weighted by atomic mass is 16.2. The summed E-state index contributed by atoms with van der Waals surface area (Å²) in [5, 5.41) is 14.8. The van der Waals surface area contributed by atoms with Gasteiger partial charge < -0.3 is 15.1 Å². The molecular weight excluding hydrogens is 432 g/mol. The average Bonchev–Trinajstić information content (AvgIpc) is 3.13. The van der Waals surface area contributed by atoms with E-state index in [4.69, 9.17) is 0 Å². The van der Waals surface area contributed by atoms with E-state index in [9.17, 15) is 19.6 Å². The number of hydrogen-bond acceptors (Lipinski definition) is 6. The summed E-state index contributed by atoms with van der Waals surface area (Å²) in [6.07, 6.45) is 1.81. The van der Waals surface area contributed by atoms with Crippen LogP contribution in [0.15, 0.2) is 36.5 Å². The number of benzene rings is 1. The quantitative estimate of drug-likeness (QED) is 0.676. The van der Waals surface area contributed by atoms with Crippen molar-refractivity contribution in [3.63, 3.8) is 0 Å². The molecule has 0 spiro atoms. The SMILES string of the molecule is Cc1cnc(N2CCN(C(=O)c3ccc([C@@]4(C(C)C)NC(=O)NC4=O)cc3)[C@H](C#N)C2)c(C)c1. The fraction of sp³-hybridized carbons (Fsp3) is 0.400. The monoisotopic (exact) mass is 460 g/mol. The third-order valence-corrected chi connectivity index (χ3v) is 6.63. The van der Waals surface area contributed by atoms with E-state index in [1.807, 2.05) is 32.6 Å². The molecule has 2 aliphatic heterocycles. The Labute approximate surface area is 198 Å². The summed E-state index contributed by atoms with van der Waals surface area (Å²) in [7, 11) is 0. The van der Waals surface area contributed by atoms with E-state index in [2.05, 4.69) is 27.8 Å². The van der Waals surface area contributed by atoms with Crippen LogP contribution >= 0.6 is 0 Å². The number of amides is 4. The standard InChI is InChI=1S/C25H28N6O3/c1-15(2)25(23(33)28-24(34)29-25)19-7-5-18(6-8-19)22(32)31-10-9-30(14-20(31)12-26)21-17(4)11-16(3)13-27-21/h5-8,11,13,15,20H,9-10,14H2,1-4H3,(H2,28,29,33,34)/t20-,25-/m1/s1. The first-order valence-electron chi connectivity index (χ1n) is 11.3. The minimum Gasteiger partial charge on any atom is -0.351 e. The number of anilines is 1. The van der Waals surface area contributed by atoms with Crippen molar-refractivity contribution in [1.82, 2.24) is 20.5 Å². The third-order valence-electron chi connectivity index (χ3n) is 6.63. The van der Waals surface area contributed by atoms with Crippen LogP contribution in [-0.2, 0) is 10.3 Å². The minimum atomic E-state index is -1.18. The molecule has 1 aromatic heterocycles. The van der Waals surface area contributed by atoms with Crippen molar-refractivity contribution in [3.05, 3.63) is 58.8 Å².